The first-order valence-electron chi connectivity index (χ1n) is 4.78. The molecule has 0 saturated carbocycles. The Bertz CT molecular complexity index is 468. The first-order chi connectivity index (χ1) is 7.66. The number of hydrogen-bond acceptors (Lipinski definition) is 1. The van der Waals surface area contributed by atoms with E-state index in [0.717, 1.165) is 6.42 Å². The second-order valence-corrected chi connectivity index (χ2v) is 6.33. The van der Waals surface area contributed by atoms with E-state index >= 15 is 0 Å². The number of benzene rings is 1. The van der Waals surface area contributed by atoms with Crippen LogP contribution in [0.5, 0.6) is 0 Å². The van der Waals surface area contributed by atoms with Gasteiger partial charge in [-0.25, -0.2) is 0 Å². The molecule has 1 aromatic carbocycles. The summed E-state index contributed by atoms with van der Waals surface area (Å²) < 4.78 is 0. The molecule has 1 aromatic heterocycles. The third-order valence-electron chi connectivity index (χ3n) is 2.25. The van der Waals surface area contributed by atoms with Crippen molar-refractivity contribution in [3.63, 3.8) is 0 Å². The summed E-state index contributed by atoms with van der Waals surface area (Å²) in [6, 6.07) is 9.96. The minimum Gasteiger partial charge on any atom is -0.148 e. The molecule has 16 heavy (non-hydrogen) atoms. The van der Waals surface area contributed by atoms with E-state index in [4.69, 9.17) is 23.2 Å². The summed E-state index contributed by atoms with van der Waals surface area (Å²) >= 11 is 17.3. The normalized spacial score (nSPS) is 12.7. The van der Waals surface area contributed by atoms with E-state index in [1.807, 2.05) is 18.2 Å². The lowest BCUT2D eigenvalue weighted by Gasteiger charge is -2.08. The molecule has 0 radical (unpaired) electrons. The molecule has 0 saturated heterocycles. The van der Waals surface area contributed by atoms with E-state index in [2.05, 4.69) is 33.4 Å². The Balaban J connectivity index is 2.12. The molecule has 0 aliphatic heterocycles. The van der Waals surface area contributed by atoms with Crippen LogP contribution in [-0.4, -0.2) is 0 Å². The summed E-state index contributed by atoms with van der Waals surface area (Å²) in [5.41, 5.74) is 1.18. The van der Waals surface area contributed by atoms with Crippen LogP contribution in [0.1, 0.15) is 15.3 Å². The van der Waals surface area contributed by atoms with Gasteiger partial charge in [0.2, 0.25) is 0 Å². The Labute approximate surface area is 117 Å². The fourth-order valence-electron chi connectivity index (χ4n) is 1.44. The third-order valence-corrected chi connectivity index (χ3v) is 5.10. The molecular weight excluding hydrogens is 327 g/mol. The van der Waals surface area contributed by atoms with Crippen LogP contribution in [0.25, 0.3) is 0 Å². The van der Waals surface area contributed by atoms with Crippen molar-refractivity contribution in [1.82, 2.24) is 0 Å². The summed E-state index contributed by atoms with van der Waals surface area (Å²) in [6.45, 7) is 0. The van der Waals surface area contributed by atoms with Gasteiger partial charge in [-0.3, -0.25) is 0 Å². The lowest BCUT2D eigenvalue weighted by Crippen LogP contribution is -1.92. The zero-order valence-corrected chi connectivity index (χ0v) is 12.2. The van der Waals surface area contributed by atoms with Crippen molar-refractivity contribution in [1.29, 1.82) is 0 Å². The molecular formula is C12H9BrCl2S. The molecule has 0 aliphatic carbocycles. The van der Waals surface area contributed by atoms with Crippen LogP contribution in [0.15, 0.2) is 35.7 Å². The van der Waals surface area contributed by atoms with Crippen molar-refractivity contribution in [3.8, 4) is 0 Å². The van der Waals surface area contributed by atoms with Crippen LogP contribution in [0.4, 0.5) is 0 Å². The summed E-state index contributed by atoms with van der Waals surface area (Å²) in [6.07, 6.45) is 0.914. The van der Waals surface area contributed by atoms with E-state index in [9.17, 15) is 0 Å². The van der Waals surface area contributed by atoms with Gasteiger partial charge in [-0.05, 0) is 35.6 Å². The molecule has 0 aliphatic rings. The van der Waals surface area contributed by atoms with Crippen molar-refractivity contribution in [2.75, 3.05) is 0 Å². The molecule has 0 bridgehead atoms. The molecule has 1 heterocycles. The highest BCUT2D eigenvalue weighted by atomic mass is 79.9. The van der Waals surface area contributed by atoms with E-state index in [0.29, 0.717) is 14.9 Å². The van der Waals surface area contributed by atoms with Crippen LogP contribution in [0.3, 0.4) is 0 Å². The monoisotopic (exact) mass is 334 g/mol. The van der Waals surface area contributed by atoms with E-state index in [1.54, 1.807) is 11.3 Å². The maximum Gasteiger partial charge on any atom is 0.0595 e. The Morgan fingerprint density at radius 2 is 2.00 bits per heavy atom. The molecule has 1 unspecified atom stereocenters. The Morgan fingerprint density at radius 3 is 2.62 bits per heavy atom. The molecule has 1 atom stereocenters. The van der Waals surface area contributed by atoms with Gasteiger partial charge in [-0.1, -0.05) is 51.3 Å². The molecule has 2 aromatic rings. The number of rotatable bonds is 3. The Morgan fingerprint density at radius 1 is 1.19 bits per heavy atom. The van der Waals surface area contributed by atoms with Crippen LogP contribution >= 0.6 is 50.5 Å². The first kappa shape index (κ1) is 12.4. The standard InChI is InChI=1S/C12H9BrCl2S/c13-9(12-2-1-5-16-12)6-8-3-4-10(14)11(15)7-8/h1-5,7,9H,6H2. The van der Waals surface area contributed by atoms with Crippen molar-refractivity contribution in [2.24, 2.45) is 0 Å². The maximum absolute atomic E-state index is 5.98. The summed E-state index contributed by atoms with van der Waals surface area (Å²) in [5, 5.41) is 3.30. The highest BCUT2D eigenvalue weighted by Crippen LogP contribution is 2.32. The van der Waals surface area contributed by atoms with Crippen molar-refractivity contribution >= 4 is 50.5 Å². The fourth-order valence-corrected chi connectivity index (χ4v) is 3.32. The minimum absolute atomic E-state index is 0.338. The van der Waals surface area contributed by atoms with Gasteiger partial charge in [0.1, 0.15) is 0 Å². The molecule has 0 N–H and O–H groups in total. The first-order valence-corrected chi connectivity index (χ1v) is 7.33. The van der Waals surface area contributed by atoms with Crippen molar-refractivity contribution in [3.05, 3.63) is 56.2 Å². The lowest BCUT2D eigenvalue weighted by atomic mass is 10.1. The Hall–Kier alpha value is -0.0200. The average molecular weight is 336 g/mol. The summed E-state index contributed by atoms with van der Waals surface area (Å²) in [4.78, 5) is 1.66. The molecule has 0 fully saturated rings. The highest BCUT2D eigenvalue weighted by molar-refractivity contribution is 9.09. The van der Waals surface area contributed by atoms with Crippen LogP contribution < -0.4 is 0 Å². The second kappa shape index (κ2) is 5.54. The van der Waals surface area contributed by atoms with Crippen molar-refractivity contribution in [2.45, 2.75) is 11.2 Å². The van der Waals surface area contributed by atoms with E-state index < -0.39 is 0 Å². The van der Waals surface area contributed by atoms with Crippen LogP contribution in [0.2, 0.25) is 10.0 Å². The number of halogens is 3. The molecule has 0 nitrogen and oxygen atoms in total. The van der Waals surface area contributed by atoms with Crippen LogP contribution in [-0.2, 0) is 6.42 Å². The van der Waals surface area contributed by atoms with Gasteiger partial charge in [0.25, 0.3) is 0 Å². The smallest absolute Gasteiger partial charge is 0.0595 e. The number of thiophene rings is 1. The van der Waals surface area contributed by atoms with Crippen molar-refractivity contribution < 1.29 is 0 Å². The Kier molecular flexibility index (Phi) is 4.31. The largest absolute Gasteiger partial charge is 0.148 e. The fraction of sp³-hybridized carbons (Fsp3) is 0.167. The van der Waals surface area contributed by atoms with Gasteiger partial charge >= 0.3 is 0 Å². The van der Waals surface area contributed by atoms with Gasteiger partial charge in [-0.15, -0.1) is 11.3 Å². The van der Waals surface area contributed by atoms with E-state index in [-0.39, 0.29) is 0 Å². The van der Waals surface area contributed by atoms with Gasteiger partial charge < -0.3 is 0 Å². The molecule has 84 valence electrons. The summed E-state index contributed by atoms with van der Waals surface area (Å²) in [7, 11) is 0. The highest BCUT2D eigenvalue weighted by Gasteiger charge is 2.10. The zero-order chi connectivity index (χ0) is 11.5. The van der Waals surface area contributed by atoms with Gasteiger partial charge in [0.05, 0.1) is 14.9 Å². The van der Waals surface area contributed by atoms with Crippen LogP contribution in [0, 0.1) is 0 Å². The zero-order valence-electron chi connectivity index (χ0n) is 8.29. The summed E-state index contributed by atoms with van der Waals surface area (Å²) in [5.74, 6) is 0. The van der Waals surface area contributed by atoms with Gasteiger partial charge in [0, 0.05) is 4.88 Å². The topological polar surface area (TPSA) is 0 Å². The number of hydrogen-bond donors (Lipinski definition) is 0. The quantitative estimate of drug-likeness (QED) is 0.628. The van der Waals surface area contributed by atoms with E-state index in [1.165, 1.54) is 10.4 Å². The molecule has 4 heteroatoms. The average Bonchev–Trinajstić information content (AvgIpc) is 2.77. The lowest BCUT2D eigenvalue weighted by molar-refractivity contribution is 0.970. The third kappa shape index (κ3) is 3.01. The SMILES string of the molecule is Clc1ccc(CC(Br)c2cccs2)cc1Cl. The molecule has 2 rings (SSSR count). The maximum atomic E-state index is 5.98. The van der Waals surface area contributed by atoms with Gasteiger partial charge in [-0.2, -0.15) is 0 Å². The molecule has 0 amide bonds. The number of alkyl halides is 1. The molecule has 0 spiro atoms. The second-order valence-electron chi connectivity index (χ2n) is 3.44. The minimum atomic E-state index is 0.338. The van der Waals surface area contributed by atoms with Gasteiger partial charge in [0.15, 0.2) is 0 Å². The predicted octanol–water partition coefficient (Wildman–Crippen LogP) is 5.73. The predicted molar refractivity (Wildman–Crippen MR) is 76.2 cm³/mol.